The van der Waals surface area contributed by atoms with Crippen LogP contribution in [0, 0.1) is 12.8 Å². The van der Waals surface area contributed by atoms with Crippen LogP contribution >= 0.6 is 0 Å². The Morgan fingerprint density at radius 2 is 2.12 bits per heavy atom. The van der Waals surface area contributed by atoms with Crippen LogP contribution in [0.4, 0.5) is 0 Å². The molecule has 0 radical (unpaired) electrons. The summed E-state index contributed by atoms with van der Waals surface area (Å²) >= 11 is 0. The highest BCUT2D eigenvalue weighted by molar-refractivity contribution is 5.37. The van der Waals surface area contributed by atoms with Crippen LogP contribution in [-0.2, 0) is 6.42 Å². The molecule has 1 heteroatoms. The number of nitrogens with one attached hydrogen (secondary N) is 1. The van der Waals surface area contributed by atoms with Crippen molar-refractivity contribution in [2.45, 2.75) is 45.1 Å². The summed E-state index contributed by atoms with van der Waals surface area (Å²) in [5, 5.41) is 3.77. The first kappa shape index (κ1) is 10.3. The molecule has 0 amide bonds. The summed E-state index contributed by atoms with van der Waals surface area (Å²) in [5.74, 6) is 0.967. The van der Waals surface area contributed by atoms with Gasteiger partial charge in [0.05, 0.1) is 0 Å². The summed E-state index contributed by atoms with van der Waals surface area (Å²) in [6.45, 7) is 3.43. The molecule has 0 bridgehead atoms. The fourth-order valence-electron chi connectivity index (χ4n) is 2.94. The highest BCUT2D eigenvalue weighted by atomic mass is 14.9. The summed E-state index contributed by atoms with van der Waals surface area (Å²) in [5.41, 5.74) is 4.53. The van der Waals surface area contributed by atoms with E-state index in [0.29, 0.717) is 6.04 Å². The summed E-state index contributed by atoms with van der Waals surface area (Å²) in [6.07, 6.45) is 6.90. The normalized spacial score (nSPS) is 24.2. The van der Waals surface area contributed by atoms with E-state index in [-0.39, 0.29) is 0 Å². The van der Waals surface area contributed by atoms with Crippen LogP contribution in [-0.4, -0.2) is 6.54 Å². The maximum atomic E-state index is 3.77. The summed E-state index contributed by atoms with van der Waals surface area (Å²) < 4.78 is 0. The average molecular weight is 215 g/mol. The number of hydrogen-bond acceptors (Lipinski definition) is 1. The van der Waals surface area contributed by atoms with Gasteiger partial charge in [-0.05, 0) is 56.2 Å². The van der Waals surface area contributed by atoms with Gasteiger partial charge < -0.3 is 5.32 Å². The second-order valence-corrected chi connectivity index (χ2v) is 5.50. The fraction of sp³-hybridized carbons (Fsp3) is 0.600. The van der Waals surface area contributed by atoms with Gasteiger partial charge in [0.25, 0.3) is 0 Å². The van der Waals surface area contributed by atoms with Crippen molar-refractivity contribution in [1.29, 1.82) is 0 Å². The zero-order chi connectivity index (χ0) is 11.0. The first-order valence-electron chi connectivity index (χ1n) is 6.66. The summed E-state index contributed by atoms with van der Waals surface area (Å²) in [4.78, 5) is 0. The molecule has 2 aliphatic carbocycles. The third-order valence-electron chi connectivity index (χ3n) is 4.26. The minimum Gasteiger partial charge on any atom is -0.310 e. The van der Waals surface area contributed by atoms with Crippen molar-refractivity contribution in [3.63, 3.8) is 0 Å². The molecular weight excluding hydrogens is 194 g/mol. The molecular formula is C15H21N. The smallest absolute Gasteiger partial charge is 0.0326 e. The van der Waals surface area contributed by atoms with Crippen molar-refractivity contribution in [1.82, 2.24) is 5.32 Å². The molecule has 1 unspecified atom stereocenters. The van der Waals surface area contributed by atoms with E-state index < -0.39 is 0 Å². The van der Waals surface area contributed by atoms with E-state index in [1.54, 1.807) is 11.1 Å². The minimum absolute atomic E-state index is 0.635. The number of aryl methyl sites for hydroxylation is 2. The Kier molecular flexibility index (Phi) is 2.72. The van der Waals surface area contributed by atoms with E-state index in [9.17, 15) is 0 Å². The molecule has 1 N–H and O–H groups in total. The van der Waals surface area contributed by atoms with Gasteiger partial charge in [-0.3, -0.25) is 0 Å². The van der Waals surface area contributed by atoms with Crippen molar-refractivity contribution in [3.05, 3.63) is 34.9 Å². The number of fused-ring (bicyclic) bond motifs is 1. The van der Waals surface area contributed by atoms with Gasteiger partial charge in [-0.2, -0.15) is 0 Å². The van der Waals surface area contributed by atoms with E-state index >= 15 is 0 Å². The zero-order valence-electron chi connectivity index (χ0n) is 10.1. The Bertz CT molecular complexity index is 379. The summed E-state index contributed by atoms with van der Waals surface area (Å²) in [7, 11) is 0. The largest absolute Gasteiger partial charge is 0.310 e. The third kappa shape index (κ3) is 1.89. The third-order valence-corrected chi connectivity index (χ3v) is 4.26. The molecule has 86 valence electrons. The van der Waals surface area contributed by atoms with E-state index in [1.807, 2.05) is 0 Å². The van der Waals surface area contributed by atoms with Gasteiger partial charge in [-0.15, -0.1) is 0 Å². The van der Waals surface area contributed by atoms with Gasteiger partial charge in [0.1, 0.15) is 0 Å². The molecule has 1 nitrogen and oxygen atoms in total. The highest BCUT2D eigenvalue weighted by Gasteiger charge is 2.24. The minimum atomic E-state index is 0.635. The van der Waals surface area contributed by atoms with Gasteiger partial charge >= 0.3 is 0 Å². The topological polar surface area (TPSA) is 12.0 Å². The van der Waals surface area contributed by atoms with Crippen molar-refractivity contribution in [3.8, 4) is 0 Å². The maximum Gasteiger partial charge on any atom is 0.0326 e. The van der Waals surface area contributed by atoms with Crippen LogP contribution in [0.2, 0.25) is 0 Å². The van der Waals surface area contributed by atoms with E-state index in [4.69, 9.17) is 0 Å². The van der Waals surface area contributed by atoms with Crippen molar-refractivity contribution < 1.29 is 0 Å². The second kappa shape index (κ2) is 4.21. The summed E-state index contributed by atoms with van der Waals surface area (Å²) in [6, 6.07) is 7.57. The Balaban J connectivity index is 1.67. The molecule has 0 saturated heterocycles. The van der Waals surface area contributed by atoms with Gasteiger partial charge in [0, 0.05) is 6.04 Å². The Hall–Kier alpha value is -0.820. The molecule has 1 saturated carbocycles. The van der Waals surface area contributed by atoms with Crippen LogP contribution in [0.5, 0.6) is 0 Å². The molecule has 16 heavy (non-hydrogen) atoms. The molecule has 3 rings (SSSR count). The van der Waals surface area contributed by atoms with Crippen LogP contribution in [0.25, 0.3) is 0 Å². The Morgan fingerprint density at radius 1 is 1.25 bits per heavy atom. The number of benzene rings is 1. The maximum absolute atomic E-state index is 3.77. The van der Waals surface area contributed by atoms with Gasteiger partial charge in [-0.1, -0.05) is 30.2 Å². The van der Waals surface area contributed by atoms with E-state index in [0.717, 1.165) is 5.92 Å². The SMILES string of the molecule is Cc1ccc2c(c1)C(NCC1CCC1)CC2. The first-order chi connectivity index (χ1) is 7.83. The molecule has 0 aromatic heterocycles. The van der Waals surface area contributed by atoms with E-state index in [2.05, 4.69) is 30.4 Å². The Labute approximate surface area is 98.3 Å². The molecule has 1 fully saturated rings. The predicted molar refractivity (Wildman–Crippen MR) is 67.6 cm³/mol. The van der Waals surface area contributed by atoms with Gasteiger partial charge in [0.2, 0.25) is 0 Å². The molecule has 0 spiro atoms. The second-order valence-electron chi connectivity index (χ2n) is 5.50. The number of hydrogen-bond donors (Lipinski definition) is 1. The lowest BCUT2D eigenvalue weighted by Gasteiger charge is -2.27. The van der Waals surface area contributed by atoms with E-state index in [1.165, 1.54) is 44.2 Å². The molecule has 1 aromatic rings. The van der Waals surface area contributed by atoms with Gasteiger partial charge in [0.15, 0.2) is 0 Å². The molecule has 2 aliphatic rings. The highest BCUT2D eigenvalue weighted by Crippen LogP contribution is 2.33. The molecule has 1 atom stereocenters. The Morgan fingerprint density at radius 3 is 2.88 bits per heavy atom. The van der Waals surface area contributed by atoms with Gasteiger partial charge in [-0.25, -0.2) is 0 Å². The molecule has 1 aromatic carbocycles. The van der Waals surface area contributed by atoms with Crippen molar-refractivity contribution in [2.75, 3.05) is 6.54 Å². The van der Waals surface area contributed by atoms with Crippen LogP contribution in [0.3, 0.4) is 0 Å². The molecule has 0 heterocycles. The average Bonchev–Trinajstić information content (AvgIpc) is 2.59. The van der Waals surface area contributed by atoms with Crippen LogP contribution in [0.15, 0.2) is 18.2 Å². The standard InChI is InChI=1S/C15H21N/c1-11-5-6-13-7-8-15(14(13)9-11)16-10-12-3-2-4-12/h5-6,9,12,15-16H,2-4,7-8,10H2,1H3. The monoisotopic (exact) mass is 215 g/mol. The lowest BCUT2D eigenvalue weighted by molar-refractivity contribution is 0.289. The van der Waals surface area contributed by atoms with Crippen LogP contribution in [0.1, 0.15) is 48.4 Å². The lowest BCUT2D eigenvalue weighted by Crippen LogP contribution is -2.29. The lowest BCUT2D eigenvalue weighted by atomic mass is 9.85. The van der Waals surface area contributed by atoms with Crippen molar-refractivity contribution >= 4 is 0 Å². The van der Waals surface area contributed by atoms with Crippen molar-refractivity contribution in [2.24, 2.45) is 5.92 Å². The predicted octanol–water partition coefficient (Wildman–Crippen LogP) is 3.37. The first-order valence-corrected chi connectivity index (χ1v) is 6.66. The molecule has 0 aliphatic heterocycles. The number of rotatable bonds is 3. The van der Waals surface area contributed by atoms with Crippen LogP contribution < -0.4 is 5.32 Å². The zero-order valence-corrected chi connectivity index (χ0v) is 10.1. The fourth-order valence-corrected chi connectivity index (χ4v) is 2.94. The quantitative estimate of drug-likeness (QED) is 0.815.